The molecular weight excluding hydrogens is 280 g/mol. The van der Waals surface area contributed by atoms with Crippen LogP contribution >= 0.6 is 23.1 Å². The molecule has 5 heteroatoms. The number of carboxylic acids is 1. The summed E-state index contributed by atoms with van der Waals surface area (Å²) in [6.07, 6.45) is 0. The summed E-state index contributed by atoms with van der Waals surface area (Å²) < 4.78 is 5.56. The van der Waals surface area contributed by atoms with E-state index >= 15 is 0 Å². The molecule has 0 radical (unpaired) electrons. The molecule has 0 aliphatic carbocycles. The van der Waals surface area contributed by atoms with Crippen molar-refractivity contribution in [2.45, 2.75) is 17.6 Å². The molecule has 0 saturated carbocycles. The van der Waals surface area contributed by atoms with Gasteiger partial charge in [0.15, 0.2) is 0 Å². The van der Waals surface area contributed by atoms with Crippen molar-refractivity contribution in [2.75, 3.05) is 6.61 Å². The molecule has 100 valence electrons. The zero-order chi connectivity index (χ0) is 13.7. The van der Waals surface area contributed by atoms with E-state index in [4.69, 9.17) is 9.84 Å². The molecule has 1 aromatic carbocycles. The molecule has 0 bridgehead atoms. The van der Waals surface area contributed by atoms with Gasteiger partial charge < -0.3 is 9.84 Å². The number of aromatic carboxylic acids is 1. The van der Waals surface area contributed by atoms with Crippen LogP contribution in [0.15, 0.2) is 40.6 Å². The lowest BCUT2D eigenvalue weighted by Gasteiger charge is -2.08. The first-order valence-corrected chi connectivity index (χ1v) is 7.72. The maximum absolute atomic E-state index is 10.8. The largest absolute Gasteiger partial charge is 0.494 e. The van der Waals surface area contributed by atoms with Gasteiger partial charge in [0.25, 0.3) is 0 Å². The second-order valence-electron chi connectivity index (χ2n) is 3.78. The van der Waals surface area contributed by atoms with Crippen molar-refractivity contribution >= 4 is 29.1 Å². The first kappa shape index (κ1) is 14.0. The summed E-state index contributed by atoms with van der Waals surface area (Å²) in [6.45, 7) is 2.60. The molecule has 2 aromatic rings. The van der Waals surface area contributed by atoms with E-state index in [9.17, 15) is 4.79 Å². The van der Waals surface area contributed by atoms with Gasteiger partial charge in [-0.2, -0.15) is 0 Å². The summed E-state index contributed by atoms with van der Waals surface area (Å²) in [7, 11) is 0. The molecule has 0 saturated heterocycles. The van der Waals surface area contributed by atoms with Crippen LogP contribution in [0.3, 0.4) is 0 Å². The van der Waals surface area contributed by atoms with Gasteiger partial charge in [-0.1, -0.05) is 18.2 Å². The summed E-state index contributed by atoms with van der Waals surface area (Å²) in [5, 5.41) is 10.8. The lowest BCUT2D eigenvalue weighted by atomic mass is 10.2. The Morgan fingerprint density at radius 3 is 2.89 bits per heavy atom. The molecule has 0 fully saturated rings. The minimum absolute atomic E-state index is 0.376. The Balaban J connectivity index is 2.03. The van der Waals surface area contributed by atoms with Crippen molar-refractivity contribution in [3.05, 3.63) is 46.2 Å². The zero-order valence-corrected chi connectivity index (χ0v) is 12.1. The normalized spacial score (nSPS) is 10.4. The van der Waals surface area contributed by atoms with Crippen molar-refractivity contribution in [1.29, 1.82) is 0 Å². The molecule has 0 spiro atoms. The molecule has 0 aliphatic heterocycles. The third-order valence-electron chi connectivity index (χ3n) is 2.45. The van der Waals surface area contributed by atoms with Gasteiger partial charge in [0.2, 0.25) is 0 Å². The fourth-order valence-corrected chi connectivity index (χ4v) is 3.45. The van der Waals surface area contributed by atoms with E-state index in [-0.39, 0.29) is 0 Å². The van der Waals surface area contributed by atoms with Gasteiger partial charge >= 0.3 is 5.97 Å². The third-order valence-corrected chi connectivity index (χ3v) is 4.54. The molecule has 1 N–H and O–H groups in total. The Labute approximate surface area is 120 Å². The SMILES string of the molecule is CCOc1ccccc1CSc1csc(C(=O)O)c1. The molecule has 19 heavy (non-hydrogen) atoms. The Morgan fingerprint density at radius 2 is 2.21 bits per heavy atom. The van der Waals surface area contributed by atoms with E-state index < -0.39 is 5.97 Å². The highest BCUT2D eigenvalue weighted by atomic mass is 32.2. The number of hydrogen-bond acceptors (Lipinski definition) is 4. The number of benzene rings is 1. The lowest BCUT2D eigenvalue weighted by molar-refractivity contribution is 0.0702. The number of para-hydroxylation sites is 1. The van der Waals surface area contributed by atoms with Crippen LogP contribution in [0.25, 0.3) is 0 Å². The van der Waals surface area contributed by atoms with Crippen molar-refractivity contribution in [3.63, 3.8) is 0 Å². The number of carbonyl (C=O) groups is 1. The van der Waals surface area contributed by atoms with Crippen LogP contribution < -0.4 is 4.74 Å². The summed E-state index contributed by atoms with van der Waals surface area (Å²) in [4.78, 5) is 12.2. The average Bonchev–Trinajstić information content (AvgIpc) is 2.87. The molecule has 1 aromatic heterocycles. The van der Waals surface area contributed by atoms with Crippen LogP contribution in [0.5, 0.6) is 5.75 Å². The van der Waals surface area contributed by atoms with Crippen molar-refractivity contribution in [2.24, 2.45) is 0 Å². The Kier molecular flexibility index (Phi) is 4.87. The fraction of sp³-hybridized carbons (Fsp3) is 0.214. The number of thiophene rings is 1. The second-order valence-corrected chi connectivity index (χ2v) is 5.74. The van der Waals surface area contributed by atoms with Gasteiger partial charge in [0.05, 0.1) is 6.61 Å². The van der Waals surface area contributed by atoms with Gasteiger partial charge in [-0.15, -0.1) is 23.1 Å². The summed E-state index contributed by atoms with van der Waals surface area (Å²) >= 11 is 2.87. The van der Waals surface area contributed by atoms with Crippen molar-refractivity contribution in [1.82, 2.24) is 0 Å². The van der Waals surface area contributed by atoms with Crippen molar-refractivity contribution < 1.29 is 14.6 Å². The molecule has 3 nitrogen and oxygen atoms in total. The van der Waals surface area contributed by atoms with Crippen LogP contribution in [0.1, 0.15) is 22.2 Å². The van der Waals surface area contributed by atoms with E-state index in [1.54, 1.807) is 17.8 Å². The standard InChI is InChI=1S/C14H14O3S2/c1-2-17-12-6-4-3-5-10(12)8-18-11-7-13(14(15)16)19-9-11/h3-7,9H,2,8H2,1H3,(H,15,16). The minimum Gasteiger partial charge on any atom is -0.494 e. The van der Waals surface area contributed by atoms with Crippen LogP contribution in [0, 0.1) is 0 Å². The van der Waals surface area contributed by atoms with E-state index in [0.29, 0.717) is 11.5 Å². The fourth-order valence-electron chi connectivity index (χ4n) is 1.59. The number of carboxylic acid groups (broad SMARTS) is 1. The predicted molar refractivity (Wildman–Crippen MR) is 78.5 cm³/mol. The highest BCUT2D eigenvalue weighted by molar-refractivity contribution is 7.98. The topological polar surface area (TPSA) is 46.5 Å². The number of rotatable bonds is 6. The monoisotopic (exact) mass is 294 g/mol. The van der Waals surface area contributed by atoms with Crippen molar-refractivity contribution in [3.8, 4) is 5.75 Å². The quantitative estimate of drug-likeness (QED) is 0.813. The Hall–Kier alpha value is -1.46. The first-order chi connectivity index (χ1) is 9.20. The highest BCUT2D eigenvalue weighted by Crippen LogP contribution is 2.30. The molecule has 0 aliphatic rings. The molecule has 0 unspecified atom stereocenters. The summed E-state index contributed by atoms with van der Waals surface area (Å²) in [6, 6.07) is 9.63. The zero-order valence-electron chi connectivity index (χ0n) is 10.5. The van der Waals surface area contributed by atoms with Gasteiger partial charge in [-0.3, -0.25) is 0 Å². The maximum atomic E-state index is 10.8. The van der Waals surface area contributed by atoms with Gasteiger partial charge in [-0.05, 0) is 19.1 Å². The Morgan fingerprint density at radius 1 is 1.42 bits per heavy atom. The number of thioether (sulfide) groups is 1. The first-order valence-electron chi connectivity index (χ1n) is 5.86. The van der Waals surface area contributed by atoms with E-state index in [0.717, 1.165) is 22.0 Å². The molecular formula is C14H14O3S2. The lowest BCUT2D eigenvalue weighted by Crippen LogP contribution is -1.95. The molecule has 2 rings (SSSR count). The number of ether oxygens (including phenoxy) is 1. The Bertz CT molecular complexity index is 563. The maximum Gasteiger partial charge on any atom is 0.345 e. The van der Waals surface area contributed by atoms with E-state index in [2.05, 4.69) is 0 Å². The van der Waals surface area contributed by atoms with Crippen LogP contribution in [0.4, 0.5) is 0 Å². The highest BCUT2D eigenvalue weighted by Gasteiger charge is 2.08. The molecule has 0 atom stereocenters. The average molecular weight is 294 g/mol. The van der Waals surface area contributed by atoms with Crippen LogP contribution in [-0.4, -0.2) is 17.7 Å². The van der Waals surface area contributed by atoms with Gasteiger partial charge in [0, 0.05) is 21.6 Å². The second kappa shape index (κ2) is 6.63. The minimum atomic E-state index is -0.869. The molecule has 1 heterocycles. The van der Waals surface area contributed by atoms with E-state index in [1.165, 1.54) is 11.3 Å². The third kappa shape index (κ3) is 3.75. The predicted octanol–water partition coefficient (Wildman–Crippen LogP) is 4.14. The molecule has 0 amide bonds. The smallest absolute Gasteiger partial charge is 0.345 e. The van der Waals surface area contributed by atoms with E-state index in [1.807, 2.05) is 36.6 Å². The van der Waals surface area contributed by atoms with Gasteiger partial charge in [-0.25, -0.2) is 4.79 Å². The van der Waals surface area contributed by atoms with Crippen LogP contribution in [0.2, 0.25) is 0 Å². The van der Waals surface area contributed by atoms with Gasteiger partial charge in [0.1, 0.15) is 10.6 Å². The summed E-state index contributed by atoms with van der Waals surface area (Å²) in [5.41, 5.74) is 1.12. The number of hydrogen-bond donors (Lipinski definition) is 1. The van der Waals surface area contributed by atoms with Crippen LogP contribution in [-0.2, 0) is 5.75 Å². The summed E-state index contributed by atoms with van der Waals surface area (Å²) in [5.74, 6) is 0.796.